The number of anilines is 1. The van der Waals surface area contributed by atoms with Crippen molar-refractivity contribution < 1.29 is 9.53 Å². The highest BCUT2D eigenvalue weighted by Gasteiger charge is 2.05. The zero-order chi connectivity index (χ0) is 15.4. The highest BCUT2D eigenvalue weighted by molar-refractivity contribution is 9.10. The summed E-state index contributed by atoms with van der Waals surface area (Å²) in [5.41, 5.74) is 4.20. The quantitative estimate of drug-likeness (QED) is 0.890. The van der Waals surface area contributed by atoms with Crippen LogP contribution in [0.4, 0.5) is 5.69 Å². The minimum atomic E-state index is -0.171. The van der Waals surface area contributed by atoms with E-state index in [9.17, 15) is 4.79 Å². The van der Waals surface area contributed by atoms with E-state index in [2.05, 4.69) is 21.2 Å². The summed E-state index contributed by atoms with van der Waals surface area (Å²) in [5, 5.41) is 2.82. The van der Waals surface area contributed by atoms with Gasteiger partial charge >= 0.3 is 0 Å². The Morgan fingerprint density at radius 3 is 2.48 bits per heavy atom. The fourth-order valence-corrected chi connectivity index (χ4v) is 2.12. The van der Waals surface area contributed by atoms with Crippen LogP contribution in [-0.2, 0) is 4.79 Å². The van der Waals surface area contributed by atoms with Crippen LogP contribution in [0.3, 0.4) is 0 Å². The molecule has 2 aromatic rings. The van der Waals surface area contributed by atoms with Crippen LogP contribution < -0.4 is 10.1 Å². The second kappa shape index (κ2) is 6.76. The van der Waals surface area contributed by atoms with Gasteiger partial charge < -0.3 is 10.1 Å². The SMILES string of the molecule is Cc1ccc(OCC(=O)Nc2ccc(Br)c(C)c2)cc1C. The number of rotatable bonds is 4. The van der Waals surface area contributed by atoms with E-state index in [0.29, 0.717) is 5.75 Å². The van der Waals surface area contributed by atoms with Gasteiger partial charge in [0.25, 0.3) is 5.91 Å². The Morgan fingerprint density at radius 2 is 1.81 bits per heavy atom. The van der Waals surface area contributed by atoms with Gasteiger partial charge in [-0.15, -0.1) is 0 Å². The molecular formula is C17H18BrNO2. The van der Waals surface area contributed by atoms with E-state index >= 15 is 0 Å². The van der Waals surface area contributed by atoms with E-state index in [1.165, 1.54) is 5.56 Å². The van der Waals surface area contributed by atoms with Crippen molar-refractivity contribution in [2.45, 2.75) is 20.8 Å². The first-order valence-electron chi connectivity index (χ1n) is 6.72. The number of amides is 1. The molecule has 2 rings (SSSR count). The largest absolute Gasteiger partial charge is 0.484 e. The van der Waals surface area contributed by atoms with Crippen LogP contribution in [0.2, 0.25) is 0 Å². The van der Waals surface area contributed by atoms with Crippen LogP contribution in [0.1, 0.15) is 16.7 Å². The van der Waals surface area contributed by atoms with E-state index in [1.54, 1.807) is 0 Å². The van der Waals surface area contributed by atoms with Gasteiger partial charge in [-0.1, -0.05) is 22.0 Å². The molecule has 0 heterocycles. The molecule has 110 valence electrons. The maximum absolute atomic E-state index is 11.9. The van der Waals surface area contributed by atoms with Crippen LogP contribution in [-0.4, -0.2) is 12.5 Å². The molecule has 0 aliphatic heterocycles. The zero-order valence-electron chi connectivity index (χ0n) is 12.4. The number of aryl methyl sites for hydroxylation is 3. The summed E-state index contributed by atoms with van der Waals surface area (Å²) in [7, 11) is 0. The van der Waals surface area contributed by atoms with Crippen LogP contribution >= 0.6 is 15.9 Å². The summed E-state index contributed by atoms with van der Waals surface area (Å²) < 4.78 is 6.53. The molecule has 4 heteroatoms. The van der Waals surface area contributed by atoms with Gasteiger partial charge in [0.1, 0.15) is 5.75 Å². The van der Waals surface area contributed by atoms with Gasteiger partial charge in [-0.05, 0) is 67.8 Å². The van der Waals surface area contributed by atoms with Crippen LogP contribution in [0.25, 0.3) is 0 Å². The van der Waals surface area contributed by atoms with Crippen molar-refractivity contribution in [3.05, 3.63) is 57.6 Å². The maximum atomic E-state index is 11.9. The smallest absolute Gasteiger partial charge is 0.262 e. The maximum Gasteiger partial charge on any atom is 0.262 e. The molecule has 0 bridgehead atoms. The van der Waals surface area contributed by atoms with E-state index in [1.807, 2.05) is 57.2 Å². The highest BCUT2D eigenvalue weighted by Crippen LogP contribution is 2.20. The molecule has 0 spiro atoms. The second-order valence-corrected chi connectivity index (χ2v) is 5.90. The van der Waals surface area contributed by atoms with Gasteiger partial charge in [-0.3, -0.25) is 4.79 Å². The lowest BCUT2D eigenvalue weighted by Gasteiger charge is -2.10. The molecule has 1 amide bonds. The minimum Gasteiger partial charge on any atom is -0.484 e. The summed E-state index contributed by atoms with van der Waals surface area (Å²) >= 11 is 3.43. The Kier molecular flexibility index (Phi) is 5.02. The minimum absolute atomic E-state index is 0.00237. The summed E-state index contributed by atoms with van der Waals surface area (Å²) in [6.45, 7) is 6.04. The number of carbonyl (C=O) groups excluding carboxylic acids is 1. The van der Waals surface area contributed by atoms with Gasteiger partial charge in [-0.25, -0.2) is 0 Å². The fraction of sp³-hybridized carbons (Fsp3) is 0.235. The van der Waals surface area contributed by atoms with Crippen molar-refractivity contribution in [2.24, 2.45) is 0 Å². The average Bonchev–Trinajstić information content (AvgIpc) is 2.44. The lowest BCUT2D eigenvalue weighted by atomic mass is 10.1. The molecule has 0 saturated carbocycles. The van der Waals surface area contributed by atoms with Gasteiger partial charge in [0.2, 0.25) is 0 Å². The Labute approximate surface area is 133 Å². The molecule has 0 atom stereocenters. The Bertz CT molecular complexity index is 668. The molecule has 0 radical (unpaired) electrons. The van der Waals surface area contributed by atoms with Gasteiger partial charge in [-0.2, -0.15) is 0 Å². The standard InChI is InChI=1S/C17H18BrNO2/c1-11-4-6-15(9-12(11)2)21-10-17(20)19-14-5-7-16(18)13(3)8-14/h4-9H,10H2,1-3H3,(H,19,20). The van der Waals surface area contributed by atoms with Crippen LogP contribution in [0.5, 0.6) is 5.75 Å². The molecule has 0 aliphatic rings. The third-order valence-corrected chi connectivity index (χ3v) is 4.18. The first-order valence-corrected chi connectivity index (χ1v) is 7.51. The van der Waals surface area contributed by atoms with E-state index in [4.69, 9.17) is 4.74 Å². The van der Waals surface area contributed by atoms with Crippen LogP contribution in [0.15, 0.2) is 40.9 Å². The first-order chi connectivity index (χ1) is 9.95. The van der Waals surface area contributed by atoms with Crippen molar-refractivity contribution in [1.82, 2.24) is 0 Å². The molecule has 21 heavy (non-hydrogen) atoms. The normalized spacial score (nSPS) is 10.3. The lowest BCUT2D eigenvalue weighted by molar-refractivity contribution is -0.118. The summed E-state index contributed by atoms with van der Waals surface area (Å²) in [5.74, 6) is 0.537. The number of ether oxygens (including phenoxy) is 1. The average molecular weight is 348 g/mol. The summed E-state index contributed by atoms with van der Waals surface area (Å²) in [6.07, 6.45) is 0. The third-order valence-electron chi connectivity index (χ3n) is 3.29. The predicted molar refractivity (Wildman–Crippen MR) is 88.9 cm³/mol. The number of benzene rings is 2. The van der Waals surface area contributed by atoms with Crippen molar-refractivity contribution in [3.8, 4) is 5.75 Å². The Balaban J connectivity index is 1.92. The number of hydrogen-bond donors (Lipinski definition) is 1. The van der Waals surface area contributed by atoms with Crippen molar-refractivity contribution in [3.63, 3.8) is 0 Å². The van der Waals surface area contributed by atoms with Crippen molar-refractivity contribution in [1.29, 1.82) is 0 Å². The topological polar surface area (TPSA) is 38.3 Å². The van der Waals surface area contributed by atoms with E-state index < -0.39 is 0 Å². The number of halogens is 1. The van der Waals surface area contributed by atoms with Gasteiger partial charge in [0.05, 0.1) is 0 Å². The summed E-state index contributed by atoms with van der Waals surface area (Å²) in [4.78, 5) is 11.9. The van der Waals surface area contributed by atoms with Crippen molar-refractivity contribution in [2.75, 3.05) is 11.9 Å². The number of carbonyl (C=O) groups is 1. The molecule has 1 N–H and O–H groups in total. The monoisotopic (exact) mass is 347 g/mol. The van der Waals surface area contributed by atoms with E-state index in [0.717, 1.165) is 21.3 Å². The zero-order valence-corrected chi connectivity index (χ0v) is 14.0. The highest BCUT2D eigenvalue weighted by atomic mass is 79.9. The van der Waals surface area contributed by atoms with Crippen LogP contribution in [0, 0.1) is 20.8 Å². The third kappa shape index (κ3) is 4.33. The molecule has 0 fully saturated rings. The van der Waals surface area contributed by atoms with Gasteiger partial charge in [0.15, 0.2) is 6.61 Å². The number of hydrogen-bond acceptors (Lipinski definition) is 2. The Morgan fingerprint density at radius 1 is 1.05 bits per heavy atom. The van der Waals surface area contributed by atoms with Gasteiger partial charge in [0, 0.05) is 10.2 Å². The molecule has 0 aromatic heterocycles. The van der Waals surface area contributed by atoms with Crippen molar-refractivity contribution >= 4 is 27.5 Å². The lowest BCUT2D eigenvalue weighted by Crippen LogP contribution is -2.20. The van der Waals surface area contributed by atoms with E-state index in [-0.39, 0.29) is 12.5 Å². The molecule has 0 saturated heterocycles. The fourth-order valence-electron chi connectivity index (χ4n) is 1.87. The summed E-state index contributed by atoms with van der Waals surface area (Å²) in [6, 6.07) is 11.5. The first kappa shape index (κ1) is 15.6. The molecular weight excluding hydrogens is 330 g/mol. The molecule has 0 unspecified atom stereocenters. The molecule has 2 aromatic carbocycles. The molecule has 3 nitrogen and oxygen atoms in total. The Hall–Kier alpha value is -1.81. The predicted octanol–water partition coefficient (Wildman–Crippen LogP) is 4.39. The molecule has 0 aliphatic carbocycles. The second-order valence-electron chi connectivity index (χ2n) is 5.05. The number of nitrogens with one attached hydrogen (secondary N) is 1.